The molecule has 8 aromatic rings. The molecule has 56 heavy (non-hydrogen) atoms. The number of aromatic amines is 2. The van der Waals surface area contributed by atoms with Gasteiger partial charge in [0.05, 0.1) is 26.9 Å². The number of nitrogens with one attached hydrogen (secondary N) is 4. The smallest absolute Gasteiger partial charge is 0.376 e. The number of anilines is 2. The normalized spacial score (nSPS) is 10.9. The Morgan fingerprint density at radius 2 is 0.839 bits per heavy atom. The number of nitrogens with zero attached hydrogens (tertiary/aromatic N) is 6. The standard InChI is InChI=1S/2C21H19N5O2/c2*1-28-21(27)20-25-18(17-19(26-20)24-13-23-17)22-12-16(14-8-4-2-5-9-14)15-10-6-3-7-11-15/h2*2-11,13,16H,12H2,1H3,(H2,22,23,24,25,26). The SMILES string of the molecule is COC(=O)c1nc(NCC(c2ccccc2)c2ccccc2)c2[nH]cnc2n1.COC(=O)c1nc(NCC(c2ccccc2)c2ccccc2)c2[nH]cnc2n1. The number of carbonyl (C=O) groups excluding carboxylic acids is 2. The third kappa shape index (κ3) is 8.50. The van der Waals surface area contributed by atoms with Crippen molar-refractivity contribution in [1.29, 1.82) is 0 Å². The number of hydrogen-bond donors (Lipinski definition) is 4. The van der Waals surface area contributed by atoms with E-state index in [1.54, 1.807) is 0 Å². The first-order valence-corrected chi connectivity index (χ1v) is 17.8. The second-order valence-corrected chi connectivity index (χ2v) is 12.5. The average Bonchev–Trinajstić information content (AvgIpc) is 3.95. The summed E-state index contributed by atoms with van der Waals surface area (Å²) in [4.78, 5) is 55.1. The lowest BCUT2D eigenvalue weighted by atomic mass is 9.91. The Morgan fingerprint density at radius 3 is 1.14 bits per heavy atom. The van der Waals surface area contributed by atoms with Gasteiger partial charge in [0.1, 0.15) is 11.0 Å². The third-order valence-electron chi connectivity index (χ3n) is 9.06. The monoisotopic (exact) mass is 746 g/mol. The average molecular weight is 747 g/mol. The van der Waals surface area contributed by atoms with Crippen molar-refractivity contribution < 1.29 is 19.1 Å². The Hall–Kier alpha value is -7.48. The highest BCUT2D eigenvalue weighted by Gasteiger charge is 2.20. The lowest BCUT2D eigenvalue weighted by Crippen LogP contribution is -2.17. The number of ether oxygens (including phenoxy) is 2. The van der Waals surface area contributed by atoms with E-state index < -0.39 is 11.9 Å². The molecule has 4 aromatic heterocycles. The van der Waals surface area contributed by atoms with Crippen LogP contribution in [0.1, 0.15) is 55.3 Å². The van der Waals surface area contributed by atoms with Crippen LogP contribution in [0.4, 0.5) is 11.6 Å². The number of esters is 2. The van der Waals surface area contributed by atoms with E-state index in [4.69, 9.17) is 9.47 Å². The Labute approximate surface area is 321 Å². The molecule has 0 atom stereocenters. The molecule has 0 spiro atoms. The minimum Gasteiger partial charge on any atom is -0.463 e. The zero-order valence-corrected chi connectivity index (χ0v) is 30.6. The molecule has 4 N–H and O–H groups in total. The van der Waals surface area contributed by atoms with Crippen LogP contribution in [0.25, 0.3) is 22.3 Å². The minimum atomic E-state index is -0.601. The van der Waals surface area contributed by atoms with Gasteiger partial charge in [-0.15, -0.1) is 0 Å². The molecule has 0 aliphatic rings. The third-order valence-corrected chi connectivity index (χ3v) is 9.06. The highest BCUT2D eigenvalue weighted by Crippen LogP contribution is 2.28. The van der Waals surface area contributed by atoms with Crippen LogP contribution in [0.15, 0.2) is 134 Å². The lowest BCUT2D eigenvalue weighted by Gasteiger charge is -2.19. The Bertz CT molecular complexity index is 2260. The predicted octanol–water partition coefficient (Wildman–Crippen LogP) is 6.77. The molecule has 0 aliphatic heterocycles. The summed E-state index contributed by atoms with van der Waals surface area (Å²) in [5, 5.41) is 6.72. The van der Waals surface area contributed by atoms with Crippen LogP contribution in [0.2, 0.25) is 0 Å². The number of rotatable bonds is 12. The van der Waals surface area contributed by atoms with E-state index in [-0.39, 0.29) is 23.5 Å². The zero-order chi connectivity index (χ0) is 38.7. The molecular weight excluding hydrogens is 709 g/mol. The molecule has 0 unspecified atom stereocenters. The van der Waals surface area contributed by atoms with Gasteiger partial charge in [-0.1, -0.05) is 121 Å². The summed E-state index contributed by atoms with van der Waals surface area (Å²) in [6.45, 7) is 1.17. The number of hydrogen-bond acceptors (Lipinski definition) is 12. The van der Waals surface area contributed by atoms with Gasteiger partial charge in [0.2, 0.25) is 11.6 Å². The first-order valence-electron chi connectivity index (χ1n) is 17.8. The van der Waals surface area contributed by atoms with Crippen molar-refractivity contribution in [3.8, 4) is 0 Å². The van der Waals surface area contributed by atoms with E-state index in [9.17, 15) is 9.59 Å². The summed E-state index contributed by atoms with van der Waals surface area (Å²) in [7, 11) is 2.60. The van der Waals surface area contributed by atoms with Crippen LogP contribution in [-0.2, 0) is 9.47 Å². The Kier molecular flexibility index (Phi) is 11.6. The number of H-pyrrole nitrogens is 2. The molecule has 8 rings (SSSR count). The van der Waals surface area contributed by atoms with Crippen LogP contribution in [0.5, 0.6) is 0 Å². The van der Waals surface area contributed by atoms with E-state index in [0.717, 1.165) is 0 Å². The van der Waals surface area contributed by atoms with Crippen LogP contribution >= 0.6 is 0 Å². The summed E-state index contributed by atoms with van der Waals surface area (Å²) < 4.78 is 9.50. The van der Waals surface area contributed by atoms with Gasteiger partial charge in [-0.2, -0.15) is 0 Å². The minimum absolute atomic E-state index is 0.0272. The second-order valence-electron chi connectivity index (χ2n) is 12.5. The second kappa shape index (κ2) is 17.6. The van der Waals surface area contributed by atoms with Gasteiger partial charge in [-0.3, -0.25) is 0 Å². The van der Waals surface area contributed by atoms with E-state index in [2.05, 4.69) is 99.0 Å². The lowest BCUT2D eigenvalue weighted by molar-refractivity contribution is 0.0579. The fraction of sp³-hybridized carbons (Fsp3) is 0.143. The van der Waals surface area contributed by atoms with Crippen molar-refractivity contribution in [3.05, 3.63) is 168 Å². The van der Waals surface area contributed by atoms with Crippen molar-refractivity contribution >= 4 is 45.9 Å². The number of aromatic nitrogens is 8. The van der Waals surface area contributed by atoms with E-state index in [1.807, 2.05) is 72.8 Å². The summed E-state index contributed by atoms with van der Waals surface area (Å²) in [6.07, 6.45) is 3.05. The van der Waals surface area contributed by atoms with Crippen LogP contribution in [-0.4, -0.2) is 79.1 Å². The van der Waals surface area contributed by atoms with Gasteiger partial charge in [-0.05, 0) is 22.3 Å². The Balaban J connectivity index is 0.000000172. The predicted molar refractivity (Wildman–Crippen MR) is 212 cm³/mol. The molecule has 4 aromatic carbocycles. The summed E-state index contributed by atoms with van der Waals surface area (Å²) >= 11 is 0. The van der Waals surface area contributed by atoms with Crippen LogP contribution in [0, 0.1) is 0 Å². The van der Waals surface area contributed by atoms with Crippen molar-refractivity contribution in [2.45, 2.75) is 11.8 Å². The highest BCUT2D eigenvalue weighted by atomic mass is 16.5. The molecule has 0 saturated heterocycles. The van der Waals surface area contributed by atoms with Crippen molar-refractivity contribution in [2.75, 3.05) is 37.9 Å². The fourth-order valence-corrected chi connectivity index (χ4v) is 6.28. The van der Waals surface area contributed by atoms with Crippen LogP contribution < -0.4 is 10.6 Å². The topological polar surface area (TPSA) is 186 Å². The Morgan fingerprint density at radius 1 is 0.518 bits per heavy atom. The zero-order valence-electron chi connectivity index (χ0n) is 30.6. The van der Waals surface area contributed by atoms with Crippen molar-refractivity contribution in [1.82, 2.24) is 39.9 Å². The number of carbonyl (C=O) groups is 2. The van der Waals surface area contributed by atoms with E-state index >= 15 is 0 Å². The van der Waals surface area contributed by atoms with Gasteiger partial charge in [0, 0.05) is 24.9 Å². The summed E-state index contributed by atoms with van der Waals surface area (Å²) in [5.74, 6) is -0.0132. The molecule has 14 nitrogen and oxygen atoms in total. The van der Waals surface area contributed by atoms with Gasteiger partial charge < -0.3 is 30.1 Å². The quantitative estimate of drug-likeness (QED) is 0.0964. The number of methoxy groups -OCH3 is 2. The highest BCUT2D eigenvalue weighted by molar-refractivity contribution is 5.91. The molecule has 0 fully saturated rings. The molecule has 0 amide bonds. The number of fused-ring (bicyclic) bond motifs is 2. The molecule has 0 saturated carbocycles. The van der Waals surface area contributed by atoms with Crippen LogP contribution in [0.3, 0.4) is 0 Å². The van der Waals surface area contributed by atoms with Gasteiger partial charge >= 0.3 is 11.9 Å². The van der Waals surface area contributed by atoms with Gasteiger partial charge in [-0.25, -0.2) is 39.5 Å². The van der Waals surface area contributed by atoms with Crippen molar-refractivity contribution in [3.63, 3.8) is 0 Å². The molecule has 0 radical (unpaired) electrons. The van der Waals surface area contributed by atoms with E-state index in [1.165, 1.54) is 49.1 Å². The first-order chi connectivity index (χ1) is 27.5. The molecule has 0 aliphatic carbocycles. The summed E-state index contributed by atoms with van der Waals surface area (Å²) in [6, 6.07) is 41.0. The number of benzene rings is 4. The molecule has 14 heteroatoms. The molecular formula is C42H38N10O4. The fourth-order valence-electron chi connectivity index (χ4n) is 6.28. The van der Waals surface area contributed by atoms with Gasteiger partial charge in [0.15, 0.2) is 22.9 Å². The van der Waals surface area contributed by atoms with E-state index in [0.29, 0.717) is 47.1 Å². The maximum atomic E-state index is 11.9. The largest absolute Gasteiger partial charge is 0.463 e. The first kappa shape index (κ1) is 36.9. The van der Waals surface area contributed by atoms with Gasteiger partial charge in [0.25, 0.3) is 0 Å². The molecule has 0 bridgehead atoms. The number of imidazole rings is 2. The molecule has 280 valence electrons. The van der Waals surface area contributed by atoms with Crippen molar-refractivity contribution in [2.24, 2.45) is 0 Å². The summed E-state index contributed by atoms with van der Waals surface area (Å²) in [5.41, 5.74) is 6.85. The maximum absolute atomic E-state index is 11.9. The maximum Gasteiger partial charge on any atom is 0.376 e. The molecule has 4 heterocycles.